The summed E-state index contributed by atoms with van der Waals surface area (Å²) < 4.78 is 48.6. The third kappa shape index (κ3) is 4.23. The second-order valence-corrected chi connectivity index (χ2v) is 7.77. The van der Waals surface area contributed by atoms with E-state index in [4.69, 9.17) is 16.3 Å². The van der Waals surface area contributed by atoms with Gasteiger partial charge < -0.3 is 9.64 Å². The van der Waals surface area contributed by atoms with Gasteiger partial charge in [-0.1, -0.05) is 23.4 Å². The molecule has 1 saturated heterocycles. The number of benzene rings is 1. The number of rotatable bonds is 5. The molecule has 1 fully saturated rings. The highest BCUT2D eigenvalue weighted by Gasteiger charge is 2.35. The van der Waals surface area contributed by atoms with E-state index in [0.717, 1.165) is 10.7 Å². The van der Waals surface area contributed by atoms with Crippen LogP contribution in [0.15, 0.2) is 23.4 Å². The first kappa shape index (κ1) is 20.9. The second kappa shape index (κ2) is 8.40. The molecule has 3 heterocycles. The molecule has 4 rings (SSSR count). The molecule has 0 bridgehead atoms. The van der Waals surface area contributed by atoms with Crippen molar-refractivity contribution in [3.8, 4) is 5.69 Å². The van der Waals surface area contributed by atoms with Crippen molar-refractivity contribution in [1.82, 2.24) is 35.0 Å². The average Bonchev–Trinajstić information content (AvgIpc) is 3.33. The molecule has 0 atom stereocenters. The Morgan fingerprint density at radius 2 is 1.93 bits per heavy atom. The highest BCUT2D eigenvalue weighted by molar-refractivity contribution is 7.98. The summed E-state index contributed by atoms with van der Waals surface area (Å²) in [4.78, 5) is 2.06. The summed E-state index contributed by atoms with van der Waals surface area (Å²) in [5.41, 5.74) is -1.11. The van der Waals surface area contributed by atoms with E-state index in [1.807, 2.05) is 11.6 Å². The lowest BCUT2D eigenvalue weighted by Crippen LogP contribution is -2.37. The molecule has 1 aromatic carbocycles. The Hall–Kier alpha value is -2.38. The van der Waals surface area contributed by atoms with E-state index in [1.165, 1.54) is 23.9 Å². The molecule has 0 saturated carbocycles. The molecule has 14 heteroatoms. The van der Waals surface area contributed by atoms with Crippen LogP contribution in [0.1, 0.15) is 11.4 Å². The number of halogens is 4. The molecule has 9 nitrogen and oxygen atoms in total. The summed E-state index contributed by atoms with van der Waals surface area (Å²) in [6.45, 7) is 2.66. The predicted octanol–water partition coefficient (Wildman–Crippen LogP) is 2.59. The van der Waals surface area contributed by atoms with E-state index in [1.54, 1.807) is 0 Å². The van der Waals surface area contributed by atoms with Crippen molar-refractivity contribution < 1.29 is 17.9 Å². The number of morpholine rings is 1. The smallest absolute Gasteiger partial charge is 0.378 e. The minimum Gasteiger partial charge on any atom is -0.378 e. The summed E-state index contributed by atoms with van der Waals surface area (Å²) in [5.74, 6) is 1.14. The van der Waals surface area contributed by atoms with Gasteiger partial charge in [-0.25, -0.2) is 0 Å². The van der Waals surface area contributed by atoms with Crippen molar-refractivity contribution in [2.75, 3.05) is 31.2 Å². The number of hydrogen-bond donors (Lipinski definition) is 0. The van der Waals surface area contributed by atoms with Crippen LogP contribution in [0.25, 0.3) is 5.69 Å². The Bertz CT molecular complexity index is 1030. The van der Waals surface area contributed by atoms with E-state index >= 15 is 0 Å². The lowest BCUT2D eigenvalue weighted by atomic mass is 10.1. The maximum atomic E-state index is 13.5. The number of hydrogen-bond acceptors (Lipinski definition) is 8. The zero-order chi connectivity index (χ0) is 21.3. The van der Waals surface area contributed by atoms with Crippen molar-refractivity contribution in [2.24, 2.45) is 7.05 Å². The quantitative estimate of drug-likeness (QED) is 0.537. The number of alkyl halides is 3. The molecule has 1 aliphatic heterocycles. The number of nitrogens with zero attached hydrogens (tertiary/aromatic N) is 8. The lowest BCUT2D eigenvalue weighted by Gasteiger charge is -2.27. The van der Waals surface area contributed by atoms with Crippen molar-refractivity contribution >= 4 is 29.3 Å². The minimum atomic E-state index is -4.60. The highest BCUT2D eigenvalue weighted by Crippen LogP contribution is 2.36. The number of thioether (sulfide) groups is 1. The van der Waals surface area contributed by atoms with Crippen LogP contribution in [-0.4, -0.2) is 61.3 Å². The van der Waals surface area contributed by atoms with Gasteiger partial charge in [0.25, 0.3) is 0 Å². The van der Waals surface area contributed by atoms with Crippen LogP contribution in [-0.2, 0) is 23.7 Å². The van der Waals surface area contributed by atoms with Crippen LogP contribution < -0.4 is 4.90 Å². The molecule has 3 aromatic rings. The highest BCUT2D eigenvalue weighted by atomic mass is 35.5. The third-order valence-corrected chi connectivity index (χ3v) is 5.71. The Balaban J connectivity index is 1.56. The molecule has 160 valence electrons. The van der Waals surface area contributed by atoms with Gasteiger partial charge in [0.2, 0.25) is 5.95 Å². The van der Waals surface area contributed by atoms with Crippen molar-refractivity contribution in [3.63, 3.8) is 0 Å². The van der Waals surface area contributed by atoms with E-state index in [9.17, 15) is 13.2 Å². The van der Waals surface area contributed by atoms with Crippen LogP contribution in [0.5, 0.6) is 0 Å². The molecule has 0 N–H and O–H groups in total. The van der Waals surface area contributed by atoms with E-state index < -0.39 is 11.7 Å². The Morgan fingerprint density at radius 3 is 2.67 bits per heavy atom. The third-order valence-electron chi connectivity index (χ3n) is 4.46. The van der Waals surface area contributed by atoms with Gasteiger partial charge in [-0.2, -0.15) is 17.9 Å². The van der Waals surface area contributed by atoms with Gasteiger partial charge in [0, 0.05) is 25.2 Å². The summed E-state index contributed by atoms with van der Waals surface area (Å²) in [6.07, 6.45) is -4.60. The molecule has 0 unspecified atom stereocenters. The number of aromatic nitrogens is 7. The van der Waals surface area contributed by atoms with E-state index in [0.29, 0.717) is 37.4 Å². The van der Waals surface area contributed by atoms with Crippen molar-refractivity contribution in [3.05, 3.63) is 34.6 Å². The van der Waals surface area contributed by atoms with Crippen LogP contribution in [0, 0.1) is 0 Å². The van der Waals surface area contributed by atoms with Gasteiger partial charge >= 0.3 is 6.18 Å². The SMILES string of the molecule is Cn1c(SCc2nnnn2-c2ccc(Cl)cc2C(F)(F)F)nnc1N1CCOCC1. The number of ether oxygens (including phenoxy) is 1. The monoisotopic (exact) mass is 460 g/mol. The molecular formula is C16H16ClF3N8OS. The number of anilines is 1. The Kier molecular flexibility index (Phi) is 5.84. The molecular weight excluding hydrogens is 445 g/mol. The van der Waals surface area contributed by atoms with Crippen molar-refractivity contribution in [1.29, 1.82) is 0 Å². The first-order chi connectivity index (χ1) is 14.3. The van der Waals surface area contributed by atoms with Gasteiger partial charge in [0.15, 0.2) is 11.0 Å². The molecule has 0 radical (unpaired) electrons. The standard InChI is InChI=1S/C16H16ClF3N8OS/c1-26-14(27-4-6-29-7-5-27)22-23-15(26)30-9-13-21-24-25-28(13)12-3-2-10(17)8-11(12)16(18,19)20/h2-3,8H,4-7,9H2,1H3. The zero-order valence-corrected chi connectivity index (χ0v) is 17.2. The zero-order valence-electron chi connectivity index (χ0n) is 15.7. The summed E-state index contributed by atoms with van der Waals surface area (Å²) in [5, 5.41) is 20.1. The maximum Gasteiger partial charge on any atom is 0.418 e. The first-order valence-electron chi connectivity index (χ1n) is 8.84. The van der Waals surface area contributed by atoms with Gasteiger partial charge in [-0.15, -0.1) is 15.3 Å². The lowest BCUT2D eigenvalue weighted by molar-refractivity contribution is -0.137. The summed E-state index contributed by atoms with van der Waals surface area (Å²) in [7, 11) is 1.83. The van der Waals surface area contributed by atoms with E-state index in [-0.39, 0.29) is 22.3 Å². The van der Waals surface area contributed by atoms with Crippen LogP contribution >= 0.6 is 23.4 Å². The van der Waals surface area contributed by atoms with Gasteiger partial charge in [0.05, 0.1) is 30.2 Å². The predicted molar refractivity (Wildman–Crippen MR) is 103 cm³/mol. The number of tetrazole rings is 1. The molecule has 0 spiro atoms. The van der Waals surface area contributed by atoms with Gasteiger partial charge in [0.1, 0.15) is 0 Å². The Morgan fingerprint density at radius 1 is 1.17 bits per heavy atom. The largest absolute Gasteiger partial charge is 0.418 e. The molecule has 30 heavy (non-hydrogen) atoms. The molecule has 2 aromatic heterocycles. The topological polar surface area (TPSA) is 86.8 Å². The molecule has 1 aliphatic rings. The second-order valence-electron chi connectivity index (χ2n) is 6.40. The maximum absolute atomic E-state index is 13.5. The van der Waals surface area contributed by atoms with E-state index in [2.05, 4.69) is 30.6 Å². The first-order valence-corrected chi connectivity index (χ1v) is 10.2. The fourth-order valence-electron chi connectivity index (χ4n) is 3.00. The average molecular weight is 461 g/mol. The summed E-state index contributed by atoms with van der Waals surface area (Å²) >= 11 is 7.03. The molecule has 0 aliphatic carbocycles. The Labute approximate surface area is 178 Å². The minimum absolute atomic E-state index is 0.0233. The molecule has 0 amide bonds. The van der Waals surface area contributed by atoms with Crippen LogP contribution in [0.4, 0.5) is 19.1 Å². The van der Waals surface area contributed by atoms with Gasteiger partial charge in [-0.05, 0) is 28.6 Å². The van der Waals surface area contributed by atoms with Gasteiger partial charge in [-0.3, -0.25) is 4.57 Å². The fraction of sp³-hybridized carbons (Fsp3) is 0.438. The van der Waals surface area contributed by atoms with Crippen molar-refractivity contribution in [2.45, 2.75) is 17.1 Å². The van der Waals surface area contributed by atoms with Crippen LogP contribution in [0.3, 0.4) is 0 Å². The van der Waals surface area contributed by atoms with Crippen LogP contribution in [0.2, 0.25) is 5.02 Å². The normalized spacial score (nSPS) is 15.0. The fourth-order valence-corrected chi connectivity index (χ4v) is 3.99. The summed E-state index contributed by atoms with van der Waals surface area (Å²) in [6, 6.07) is 3.46.